The highest BCUT2D eigenvalue weighted by Gasteiger charge is 2.20. The number of rotatable bonds is 10. The minimum Gasteiger partial charge on any atom is -0.481 e. The maximum atomic E-state index is 11.4. The second-order valence-electron chi connectivity index (χ2n) is 5.59. The fraction of sp³-hybridized carbons (Fsp3) is 0.857. The summed E-state index contributed by atoms with van der Waals surface area (Å²) < 4.78 is 0. The van der Waals surface area contributed by atoms with Gasteiger partial charge in [0, 0.05) is 19.5 Å². The molecule has 0 radical (unpaired) electrons. The zero-order valence-corrected chi connectivity index (χ0v) is 11.8. The van der Waals surface area contributed by atoms with E-state index in [4.69, 9.17) is 5.11 Å². The normalized spacial score (nSPS) is 15.8. The van der Waals surface area contributed by atoms with Gasteiger partial charge >= 0.3 is 12.0 Å². The summed E-state index contributed by atoms with van der Waals surface area (Å²) in [5, 5.41) is 14.2. The number of urea groups is 1. The highest BCUT2D eigenvalue weighted by molar-refractivity contribution is 5.73. The zero-order valence-electron chi connectivity index (χ0n) is 11.8. The Morgan fingerprint density at radius 3 is 2.53 bits per heavy atom. The van der Waals surface area contributed by atoms with Crippen LogP contribution in [0.5, 0.6) is 0 Å². The Kier molecular flexibility index (Phi) is 7.30. The summed E-state index contributed by atoms with van der Waals surface area (Å²) in [6, 6.07) is -0.110. The molecule has 1 saturated carbocycles. The molecule has 5 nitrogen and oxygen atoms in total. The lowest BCUT2D eigenvalue weighted by Gasteiger charge is -2.11. The highest BCUT2D eigenvalue weighted by atomic mass is 16.4. The topological polar surface area (TPSA) is 78.4 Å². The number of hydrogen-bond acceptors (Lipinski definition) is 2. The number of carbonyl (C=O) groups excluding carboxylic acids is 1. The van der Waals surface area contributed by atoms with Crippen LogP contribution in [0.1, 0.15) is 51.9 Å². The molecule has 0 aromatic heterocycles. The van der Waals surface area contributed by atoms with Crippen LogP contribution in [-0.2, 0) is 4.79 Å². The van der Waals surface area contributed by atoms with E-state index in [9.17, 15) is 9.59 Å². The monoisotopic (exact) mass is 270 g/mol. The fourth-order valence-corrected chi connectivity index (χ4v) is 2.01. The number of aliphatic carboxylic acids is 1. The number of nitrogens with one attached hydrogen (secondary N) is 2. The van der Waals surface area contributed by atoms with Crippen molar-refractivity contribution in [3.8, 4) is 0 Å². The molecule has 0 aromatic rings. The lowest BCUT2D eigenvalue weighted by atomic mass is 10.0. The SMILES string of the molecule is CC(CCNC(=O)NCCCC1CC1)CCC(=O)O. The molecule has 1 fully saturated rings. The molecule has 0 bridgehead atoms. The molecule has 1 atom stereocenters. The summed E-state index contributed by atoms with van der Waals surface area (Å²) >= 11 is 0. The van der Waals surface area contributed by atoms with Crippen molar-refractivity contribution in [1.29, 1.82) is 0 Å². The average Bonchev–Trinajstić information content (AvgIpc) is 3.16. The van der Waals surface area contributed by atoms with Crippen molar-refractivity contribution >= 4 is 12.0 Å². The first kappa shape index (κ1) is 15.8. The number of carboxylic acid groups (broad SMARTS) is 1. The molecule has 1 rings (SSSR count). The van der Waals surface area contributed by atoms with Crippen LogP contribution in [0.2, 0.25) is 0 Å². The minimum atomic E-state index is -0.756. The van der Waals surface area contributed by atoms with Gasteiger partial charge in [0.25, 0.3) is 0 Å². The van der Waals surface area contributed by atoms with Gasteiger partial charge in [0.1, 0.15) is 0 Å². The number of amides is 2. The van der Waals surface area contributed by atoms with Crippen molar-refractivity contribution in [2.45, 2.75) is 51.9 Å². The first-order valence-electron chi connectivity index (χ1n) is 7.31. The van der Waals surface area contributed by atoms with Gasteiger partial charge in [0.05, 0.1) is 0 Å². The van der Waals surface area contributed by atoms with Crippen molar-refractivity contribution in [2.75, 3.05) is 13.1 Å². The van der Waals surface area contributed by atoms with Crippen molar-refractivity contribution in [1.82, 2.24) is 10.6 Å². The molecule has 2 amide bonds. The third kappa shape index (κ3) is 9.33. The summed E-state index contributed by atoms with van der Waals surface area (Å²) in [6.07, 6.45) is 6.71. The van der Waals surface area contributed by atoms with Crippen molar-refractivity contribution in [3.63, 3.8) is 0 Å². The maximum Gasteiger partial charge on any atom is 0.314 e. The Labute approximate surface area is 115 Å². The lowest BCUT2D eigenvalue weighted by Crippen LogP contribution is -2.37. The molecule has 1 aliphatic carbocycles. The minimum absolute atomic E-state index is 0.110. The van der Waals surface area contributed by atoms with Gasteiger partial charge in [-0.1, -0.05) is 19.8 Å². The van der Waals surface area contributed by atoms with Gasteiger partial charge in [0.15, 0.2) is 0 Å². The summed E-state index contributed by atoms with van der Waals surface area (Å²) in [7, 11) is 0. The molecule has 0 saturated heterocycles. The van der Waals surface area contributed by atoms with Crippen LogP contribution in [0.15, 0.2) is 0 Å². The first-order chi connectivity index (χ1) is 9.08. The van der Waals surface area contributed by atoms with E-state index >= 15 is 0 Å². The van der Waals surface area contributed by atoms with Gasteiger partial charge in [-0.05, 0) is 37.5 Å². The Bertz CT molecular complexity index is 290. The van der Waals surface area contributed by atoms with Gasteiger partial charge in [-0.25, -0.2) is 4.79 Å². The smallest absolute Gasteiger partial charge is 0.314 e. The quantitative estimate of drug-likeness (QED) is 0.533. The van der Waals surface area contributed by atoms with Gasteiger partial charge in [-0.15, -0.1) is 0 Å². The molecule has 3 N–H and O–H groups in total. The van der Waals surface area contributed by atoms with Crippen LogP contribution in [0.3, 0.4) is 0 Å². The highest BCUT2D eigenvalue weighted by Crippen LogP contribution is 2.33. The Hall–Kier alpha value is -1.26. The van der Waals surface area contributed by atoms with Crippen LogP contribution in [0.25, 0.3) is 0 Å². The fourth-order valence-electron chi connectivity index (χ4n) is 2.01. The van der Waals surface area contributed by atoms with Gasteiger partial charge < -0.3 is 15.7 Å². The second kappa shape index (κ2) is 8.77. The first-order valence-corrected chi connectivity index (χ1v) is 7.31. The molecule has 0 spiro atoms. The van der Waals surface area contributed by atoms with E-state index < -0.39 is 5.97 Å². The lowest BCUT2D eigenvalue weighted by molar-refractivity contribution is -0.137. The van der Waals surface area contributed by atoms with Crippen LogP contribution < -0.4 is 10.6 Å². The Morgan fingerprint density at radius 2 is 1.89 bits per heavy atom. The second-order valence-corrected chi connectivity index (χ2v) is 5.59. The van der Waals surface area contributed by atoms with Crippen LogP contribution >= 0.6 is 0 Å². The van der Waals surface area contributed by atoms with Crippen molar-refractivity contribution in [2.24, 2.45) is 11.8 Å². The Balaban J connectivity index is 1.89. The summed E-state index contributed by atoms with van der Waals surface area (Å²) in [4.78, 5) is 21.8. The summed E-state index contributed by atoms with van der Waals surface area (Å²) in [5.41, 5.74) is 0. The van der Waals surface area contributed by atoms with Crippen molar-refractivity contribution < 1.29 is 14.7 Å². The van der Waals surface area contributed by atoms with Crippen LogP contribution in [-0.4, -0.2) is 30.2 Å². The average molecular weight is 270 g/mol. The van der Waals surface area contributed by atoms with Gasteiger partial charge in [-0.2, -0.15) is 0 Å². The third-order valence-electron chi connectivity index (χ3n) is 3.55. The van der Waals surface area contributed by atoms with E-state index in [1.165, 1.54) is 19.3 Å². The van der Waals surface area contributed by atoms with Gasteiger partial charge in [0.2, 0.25) is 0 Å². The summed E-state index contributed by atoms with van der Waals surface area (Å²) in [6.45, 7) is 3.37. The van der Waals surface area contributed by atoms with E-state index in [0.717, 1.165) is 25.3 Å². The zero-order chi connectivity index (χ0) is 14.1. The van der Waals surface area contributed by atoms with E-state index in [1.807, 2.05) is 6.92 Å². The third-order valence-corrected chi connectivity index (χ3v) is 3.55. The summed E-state index contributed by atoms with van der Waals surface area (Å²) in [5.74, 6) is 0.486. The molecule has 0 aromatic carbocycles. The number of hydrogen-bond donors (Lipinski definition) is 3. The van der Waals surface area contributed by atoms with Crippen LogP contribution in [0, 0.1) is 11.8 Å². The molecule has 110 valence electrons. The van der Waals surface area contributed by atoms with E-state index in [-0.39, 0.29) is 12.5 Å². The molecule has 5 heteroatoms. The molecule has 0 heterocycles. The molecular formula is C14H26N2O3. The molecule has 19 heavy (non-hydrogen) atoms. The molecule has 1 aliphatic rings. The predicted molar refractivity (Wildman–Crippen MR) is 74.0 cm³/mol. The van der Waals surface area contributed by atoms with E-state index in [2.05, 4.69) is 10.6 Å². The van der Waals surface area contributed by atoms with Crippen LogP contribution in [0.4, 0.5) is 4.79 Å². The van der Waals surface area contributed by atoms with Crippen molar-refractivity contribution in [3.05, 3.63) is 0 Å². The largest absolute Gasteiger partial charge is 0.481 e. The van der Waals surface area contributed by atoms with Gasteiger partial charge in [-0.3, -0.25) is 4.79 Å². The van der Waals surface area contributed by atoms with E-state index in [1.54, 1.807) is 0 Å². The Morgan fingerprint density at radius 1 is 1.21 bits per heavy atom. The molecular weight excluding hydrogens is 244 g/mol. The predicted octanol–water partition coefficient (Wildman–Crippen LogP) is 2.37. The van der Waals surface area contributed by atoms with E-state index in [0.29, 0.717) is 18.9 Å². The molecule has 0 aliphatic heterocycles. The molecule has 1 unspecified atom stereocenters. The number of carboxylic acids is 1. The number of carbonyl (C=O) groups is 2. The standard InChI is InChI=1S/C14H26N2O3/c1-11(4-7-13(17)18)8-10-16-14(19)15-9-2-3-12-5-6-12/h11-12H,2-10H2,1H3,(H,17,18)(H2,15,16,19). The maximum absolute atomic E-state index is 11.4.